The maximum Gasteiger partial charge on any atom is 0.191 e. The van der Waals surface area contributed by atoms with Gasteiger partial charge >= 0.3 is 0 Å². The average Bonchev–Trinajstić information content (AvgIpc) is 2.89. The minimum absolute atomic E-state index is 0.329. The van der Waals surface area contributed by atoms with E-state index in [2.05, 4.69) is 46.0 Å². The Morgan fingerprint density at radius 3 is 2.68 bits per heavy atom. The summed E-state index contributed by atoms with van der Waals surface area (Å²) in [6, 6.07) is 8.74. The van der Waals surface area contributed by atoms with E-state index in [9.17, 15) is 0 Å². The molecule has 1 aromatic rings. The summed E-state index contributed by atoms with van der Waals surface area (Å²) in [7, 11) is 0. The Bertz CT molecular complexity index is 567. The maximum absolute atomic E-state index is 6.22. The molecule has 3 rings (SSSR count). The Morgan fingerprint density at radius 1 is 1.16 bits per heavy atom. The van der Waals surface area contributed by atoms with Gasteiger partial charge in [0.2, 0.25) is 0 Å². The Balaban J connectivity index is 1.56. The number of hydrogen-bond donors (Lipinski definition) is 1. The van der Waals surface area contributed by atoms with E-state index in [1.807, 2.05) is 0 Å². The zero-order chi connectivity index (χ0) is 17.5. The van der Waals surface area contributed by atoms with Crippen molar-refractivity contribution in [1.82, 2.24) is 9.80 Å². The highest BCUT2D eigenvalue weighted by Gasteiger charge is 2.16. The van der Waals surface area contributed by atoms with Gasteiger partial charge < -0.3 is 15.4 Å². The number of guanidine groups is 1. The van der Waals surface area contributed by atoms with Gasteiger partial charge in [-0.05, 0) is 30.9 Å². The van der Waals surface area contributed by atoms with Gasteiger partial charge in [-0.25, -0.2) is 4.99 Å². The van der Waals surface area contributed by atoms with Gasteiger partial charge in [0, 0.05) is 32.7 Å². The van der Waals surface area contributed by atoms with Gasteiger partial charge in [0.05, 0.1) is 19.3 Å². The number of nitrogens with zero attached hydrogens (tertiary/aromatic N) is 3. The van der Waals surface area contributed by atoms with Gasteiger partial charge in [0.15, 0.2) is 5.96 Å². The van der Waals surface area contributed by atoms with E-state index < -0.39 is 0 Å². The minimum Gasteiger partial charge on any atom is -0.376 e. The van der Waals surface area contributed by atoms with Crippen LogP contribution >= 0.6 is 0 Å². The second kappa shape index (κ2) is 9.20. The molecule has 138 valence electrons. The lowest BCUT2D eigenvalue weighted by atomic mass is 10.1. The summed E-state index contributed by atoms with van der Waals surface area (Å²) in [5.41, 5.74) is 8.80. The van der Waals surface area contributed by atoms with Crippen LogP contribution < -0.4 is 5.73 Å². The molecule has 5 nitrogen and oxygen atoms in total. The molecule has 25 heavy (non-hydrogen) atoms. The van der Waals surface area contributed by atoms with Gasteiger partial charge in [-0.15, -0.1) is 0 Å². The van der Waals surface area contributed by atoms with E-state index in [1.165, 1.54) is 36.8 Å². The first-order chi connectivity index (χ1) is 12.2. The van der Waals surface area contributed by atoms with Crippen LogP contribution in [0.1, 0.15) is 43.7 Å². The van der Waals surface area contributed by atoms with E-state index >= 15 is 0 Å². The fraction of sp³-hybridized carbons (Fsp3) is 0.650. The van der Waals surface area contributed by atoms with E-state index in [0.29, 0.717) is 18.6 Å². The summed E-state index contributed by atoms with van der Waals surface area (Å²) < 4.78 is 5.62. The molecule has 0 bridgehead atoms. The summed E-state index contributed by atoms with van der Waals surface area (Å²) in [6.07, 6.45) is 5.40. The second-order valence-electron chi connectivity index (χ2n) is 7.31. The Labute approximate surface area is 151 Å². The first-order valence-corrected chi connectivity index (χ1v) is 9.67. The van der Waals surface area contributed by atoms with Crippen molar-refractivity contribution in [2.75, 3.05) is 32.8 Å². The van der Waals surface area contributed by atoms with Crippen LogP contribution in [0, 0.1) is 0 Å². The lowest BCUT2D eigenvalue weighted by molar-refractivity contribution is -0.0212. The predicted molar refractivity (Wildman–Crippen MR) is 103 cm³/mol. The topological polar surface area (TPSA) is 54.1 Å². The molecule has 2 heterocycles. The van der Waals surface area contributed by atoms with Crippen LogP contribution in [0.4, 0.5) is 0 Å². The number of morpholine rings is 1. The normalized spacial score (nSPS) is 23.5. The zero-order valence-corrected chi connectivity index (χ0v) is 15.5. The van der Waals surface area contributed by atoms with Crippen molar-refractivity contribution in [3.05, 3.63) is 35.4 Å². The SMILES string of the molecule is CC1CN(Cc2cccc(CN=C(N)N3CCCCCC3)c2)CCO1. The highest BCUT2D eigenvalue weighted by molar-refractivity contribution is 5.78. The molecule has 1 atom stereocenters. The third-order valence-electron chi connectivity index (χ3n) is 5.08. The lowest BCUT2D eigenvalue weighted by Gasteiger charge is -2.31. The lowest BCUT2D eigenvalue weighted by Crippen LogP contribution is -2.40. The van der Waals surface area contributed by atoms with Crippen molar-refractivity contribution >= 4 is 5.96 Å². The number of benzene rings is 1. The van der Waals surface area contributed by atoms with Crippen LogP contribution in [0.3, 0.4) is 0 Å². The van der Waals surface area contributed by atoms with E-state index in [1.54, 1.807) is 0 Å². The minimum atomic E-state index is 0.329. The monoisotopic (exact) mass is 344 g/mol. The molecular formula is C20H32N4O. The molecule has 1 unspecified atom stereocenters. The van der Waals surface area contributed by atoms with Gasteiger partial charge in [0.1, 0.15) is 0 Å². The molecule has 1 aromatic carbocycles. The highest BCUT2D eigenvalue weighted by atomic mass is 16.5. The molecule has 2 aliphatic rings. The van der Waals surface area contributed by atoms with Crippen molar-refractivity contribution in [2.24, 2.45) is 10.7 Å². The molecule has 0 aliphatic carbocycles. The number of likely N-dealkylation sites (tertiary alicyclic amines) is 1. The summed E-state index contributed by atoms with van der Waals surface area (Å²) in [6.45, 7) is 8.72. The first-order valence-electron chi connectivity index (χ1n) is 9.67. The van der Waals surface area contributed by atoms with Crippen LogP contribution in [-0.2, 0) is 17.8 Å². The third-order valence-corrected chi connectivity index (χ3v) is 5.08. The van der Waals surface area contributed by atoms with Crippen molar-refractivity contribution < 1.29 is 4.74 Å². The second-order valence-corrected chi connectivity index (χ2v) is 7.31. The van der Waals surface area contributed by atoms with Crippen molar-refractivity contribution in [3.63, 3.8) is 0 Å². The molecular weight excluding hydrogens is 312 g/mol. The number of hydrogen-bond acceptors (Lipinski definition) is 3. The summed E-state index contributed by atoms with van der Waals surface area (Å²) in [5.74, 6) is 0.703. The molecule has 0 saturated carbocycles. The molecule has 2 aliphatic heterocycles. The van der Waals surface area contributed by atoms with E-state index in [4.69, 9.17) is 10.5 Å². The summed E-state index contributed by atoms with van der Waals surface area (Å²) in [4.78, 5) is 9.35. The highest BCUT2D eigenvalue weighted by Crippen LogP contribution is 2.13. The summed E-state index contributed by atoms with van der Waals surface area (Å²) >= 11 is 0. The van der Waals surface area contributed by atoms with Crippen molar-refractivity contribution in [2.45, 2.75) is 51.8 Å². The number of ether oxygens (including phenoxy) is 1. The van der Waals surface area contributed by atoms with E-state index in [-0.39, 0.29) is 0 Å². The van der Waals surface area contributed by atoms with Crippen LogP contribution in [0.25, 0.3) is 0 Å². The Hall–Kier alpha value is -1.59. The molecule has 0 radical (unpaired) electrons. The standard InChI is InChI=1S/C20H32N4O/c1-17-15-23(11-12-25-17)16-19-8-6-7-18(13-19)14-22-20(21)24-9-4-2-3-5-10-24/h6-8,13,17H,2-5,9-12,14-16H2,1H3,(H2,21,22). The van der Waals surface area contributed by atoms with Crippen molar-refractivity contribution in [3.8, 4) is 0 Å². The Morgan fingerprint density at radius 2 is 1.92 bits per heavy atom. The van der Waals surface area contributed by atoms with Crippen molar-refractivity contribution in [1.29, 1.82) is 0 Å². The fourth-order valence-electron chi connectivity index (χ4n) is 3.69. The number of aliphatic imine (C=N–C) groups is 1. The van der Waals surface area contributed by atoms with Gasteiger partial charge in [0.25, 0.3) is 0 Å². The van der Waals surface area contributed by atoms with Gasteiger partial charge in [-0.3, -0.25) is 4.90 Å². The average molecular weight is 345 g/mol. The largest absolute Gasteiger partial charge is 0.376 e. The summed E-state index contributed by atoms with van der Waals surface area (Å²) in [5, 5.41) is 0. The molecule has 0 spiro atoms. The van der Waals surface area contributed by atoms with Crippen LogP contribution in [0.5, 0.6) is 0 Å². The molecule has 2 fully saturated rings. The number of rotatable bonds is 4. The number of nitrogens with two attached hydrogens (primary N) is 1. The molecule has 0 aromatic heterocycles. The smallest absolute Gasteiger partial charge is 0.191 e. The quantitative estimate of drug-likeness (QED) is 0.674. The van der Waals surface area contributed by atoms with Gasteiger partial charge in [-0.1, -0.05) is 37.1 Å². The van der Waals surface area contributed by atoms with Crippen LogP contribution in [-0.4, -0.2) is 54.6 Å². The zero-order valence-electron chi connectivity index (χ0n) is 15.5. The first kappa shape index (κ1) is 18.2. The molecule has 2 N–H and O–H groups in total. The molecule has 0 amide bonds. The molecule has 2 saturated heterocycles. The van der Waals surface area contributed by atoms with E-state index in [0.717, 1.165) is 39.3 Å². The van der Waals surface area contributed by atoms with Crippen LogP contribution in [0.15, 0.2) is 29.3 Å². The van der Waals surface area contributed by atoms with Crippen LogP contribution in [0.2, 0.25) is 0 Å². The third kappa shape index (κ3) is 5.72. The fourth-order valence-corrected chi connectivity index (χ4v) is 3.69. The predicted octanol–water partition coefficient (Wildman–Crippen LogP) is 2.60. The van der Waals surface area contributed by atoms with Gasteiger partial charge in [-0.2, -0.15) is 0 Å². The Kier molecular flexibility index (Phi) is 6.70. The molecule has 5 heteroatoms. The maximum atomic E-state index is 6.22.